The quantitative estimate of drug-likeness (QED) is 0.0745. The van der Waals surface area contributed by atoms with Gasteiger partial charge in [-0.2, -0.15) is 0 Å². The molecule has 0 fully saturated rings. The second-order valence-corrected chi connectivity index (χ2v) is 15.1. The molecular weight excluding hydrogens is 625 g/mol. The van der Waals surface area contributed by atoms with Gasteiger partial charge in [0.25, 0.3) is 0 Å². The Labute approximate surface area is 313 Å². The van der Waals surface area contributed by atoms with Gasteiger partial charge in [-0.3, -0.25) is 9.59 Å². The molecule has 0 heterocycles. The monoisotopic (exact) mass is 697 g/mol. The first-order valence-electron chi connectivity index (χ1n) is 19.5. The van der Waals surface area contributed by atoms with E-state index in [0.29, 0.717) is 17.6 Å². The molecular formula is C48H72O3. The molecule has 3 nitrogen and oxygen atoms in total. The zero-order chi connectivity index (χ0) is 38.2. The van der Waals surface area contributed by atoms with Crippen molar-refractivity contribution in [3.63, 3.8) is 0 Å². The van der Waals surface area contributed by atoms with Crippen molar-refractivity contribution in [2.75, 3.05) is 7.11 Å². The molecule has 3 heteroatoms. The molecule has 51 heavy (non-hydrogen) atoms. The number of hydrogen-bond donors (Lipinski definition) is 0. The number of carbonyl (C=O) groups excluding carboxylic acids is 2. The smallest absolute Gasteiger partial charge is 0.224 e. The third-order valence-corrected chi connectivity index (χ3v) is 9.74. The topological polar surface area (TPSA) is 43.4 Å². The largest absolute Gasteiger partial charge is 0.493 e. The summed E-state index contributed by atoms with van der Waals surface area (Å²) in [6.45, 7) is 21.8. The van der Waals surface area contributed by atoms with Gasteiger partial charge in [0, 0.05) is 17.2 Å². The molecule has 0 aromatic rings. The molecule has 0 aromatic heterocycles. The van der Waals surface area contributed by atoms with Crippen molar-refractivity contribution in [3.8, 4) is 0 Å². The maximum Gasteiger partial charge on any atom is 0.224 e. The summed E-state index contributed by atoms with van der Waals surface area (Å²) >= 11 is 0. The number of allylic oxidation sites excluding steroid dienone is 19. The molecule has 282 valence electrons. The van der Waals surface area contributed by atoms with E-state index in [1.165, 1.54) is 70.6 Å². The number of methoxy groups -OCH3 is 1. The Kier molecular flexibility index (Phi) is 23.5. The Hall–Kier alpha value is -3.46. The van der Waals surface area contributed by atoms with Crippen LogP contribution >= 0.6 is 0 Å². The van der Waals surface area contributed by atoms with Crippen molar-refractivity contribution in [1.82, 2.24) is 0 Å². The van der Waals surface area contributed by atoms with E-state index in [4.69, 9.17) is 4.74 Å². The minimum absolute atomic E-state index is 0.135. The summed E-state index contributed by atoms with van der Waals surface area (Å²) in [5, 5.41) is 0. The van der Waals surface area contributed by atoms with Crippen molar-refractivity contribution in [3.05, 3.63) is 116 Å². The Morgan fingerprint density at radius 1 is 0.490 bits per heavy atom. The number of rotatable bonds is 24. The first kappa shape index (κ1) is 45.6. The highest BCUT2D eigenvalue weighted by atomic mass is 16.5. The highest BCUT2D eigenvalue weighted by molar-refractivity contribution is 6.21. The number of carbonyl (C=O) groups is 2. The third-order valence-electron chi connectivity index (χ3n) is 9.74. The lowest BCUT2D eigenvalue weighted by Gasteiger charge is -2.15. The van der Waals surface area contributed by atoms with Gasteiger partial charge in [0.15, 0.2) is 11.5 Å². The number of hydrogen-bond acceptors (Lipinski definition) is 3. The fraction of sp³-hybridized carbons (Fsp3) is 0.542. The van der Waals surface area contributed by atoms with Crippen LogP contribution in [0.1, 0.15) is 166 Å². The molecule has 0 aromatic carbocycles. The van der Waals surface area contributed by atoms with Crippen LogP contribution in [0.5, 0.6) is 0 Å². The summed E-state index contributed by atoms with van der Waals surface area (Å²) in [4.78, 5) is 24.7. The predicted octanol–water partition coefficient (Wildman–Crippen LogP) is 14.4. The number of ketones is 2. The van der Waals surface area contributed by atoms with Crippen molar-refractivity contribution in [1.29, 1.82) is 0 Å². The van der Waals surface area contributed by atoms with Gasteiger partial charge >= 0.3 is 0 Å². The van der Waals surface area contributed by atoms with E-state index >= 15 is 0 Å². The Morgan fingerprint density at radius 3 is 1.08 bits per heavy atom. The van der Waals surface area contributed by atoms with E-state index in [0.717, 1.165) is 77.0 Å². The van der Waals surface area contributed by atoms with Gasteiger partial charge < -0.3 is 4.74 Å². The highest BCUT2D eigenvalue weighted by Crippen LogP contribution is 2.24. The molecule has 0 saturated carbocycles. The lowest BCUT2D eigenvalue weighted by atomic mass is 9.91. The maximum atomic E-state index is 12.6. The van der Waals surface area contributed by atoms with Crippen LogP contribution in [0.3, 0.4) is 0 Å². The molecule has 0 N–H and O–H groups in total. The van der Waals surface area contributed by atoms with E-state index in [-0.39, 0.29) is 17.3 Å². The summed E-state index contributed by atoms with van der Waals surface area (Å²) < 4.78 is 5.09. The number of Topliss-reactive ketones (excluding diaryl/α,β-unsaturated/α-hetero) is 1. The SMILES string of the molecule is COC1=CC(=O)C(C)=C(C/C=C(\C)CC/C=C(\C)CC/C=C(\C)CC/C=C(\C)CC/C=C(\C)CC/C=C(\C)CC/C=C(\C)CCC=C(C)C)C1=O. The van der Waals surface area contributed by atoms with Crippen LogP contribution in [0.2, 0.25) is 0 Å². The maximum absolute atomic E-state index is 12.6. The van der Waals surface area contributed by atoms with E-state index in [1.807, 2.05) is 0 Å². The zero-order valence-electron chi connectivity index (χ0n) is 34.5. The molecule has 0 radical (unpaired) electrons. The second-order valence-electron chi connectivity index (χ2n) is 15.1. The van der Waals surface area contributed by atoms with E-state index in [1.54, 1.807) is 6.92 Å². The second kappa shape index (κ2) is 26.3. The van der Waals surface area contributed by atoms with E-state index in [9.17, 15) is 9.59 Å². The summed E-state index contributed by atoms with van der Waals surface area (Å²) in [5.74, 6) is -0.185. The van der Waals surface area contributed by atoms with Crippen LogP contribution in [-0.4, -0.2) is 18.7 Å². The zero-order valence-corrected chi connectivity index (χ0v) is 34.5. The van der Waals surface area contributed by atoms with Crippen LogP contribution in [0, 0.1) is 0 Å². The van der Waals surface area contributed by atoms with Gasteiger partial charge in [-0.25, -0.2) is 0 Å². The van der Waals surface area contributed by atoms with Crippen molar-refractivity contribution in [2.24, 2.45) is 0 Å². The fourth-order valence-corrected chi connectivity index (χ4v) is 6.01. The predicted molar refractivity (Wildman–Crippen MR) is 223 cm³/mol. The van der Waals surface area contributed by atoms with Crippen LogP contribution in [0.25, 0.3) is 0 Å². The minimum atomic E-state index is -0.178. The van der Waals surface area contributed by atoms with Crippen LogP contribution in [-0.2, 0) is 14.3 Å². The molecule has 1 aliphatic rings. The van der Waals surface area contributed by atoms with Gasteiger partial charge in [-0.15, -0.1) is 0 Å². The molecule has 0 amide bonds. The van der Waals surface area contributed by atoms with Crippen molar-refractivity contribution in [2.45, 2.75) is 166 Å². The van der Waals surface area contributed by atoms with Crippen LogP contribution in [0.4, 0.5) is 0 Å². The minimum Gasteiger partial charge on any atom is -0.493 e. The third kappa shape index (κ3) is 21.5. The molecule has 0 spiro atoms. The normalized spacial score (nSPS) is 15.9. The lowest BCUT2D eigenvalue weighted by Crippen LogP contribution is -2.19. The van der Waals surface area contributed by atoms with E-state index in [2.05, 4.69) is 111 Å². The Morgan fingerprint density at radius 2 is 0.784 bits per heavy atom. The fourth-order valence-electron chi connectivity index (χ4n) is 6.01. The summed E-state index contributed by atoms with van der Waals surface area (Å²) in [6.07, 6.45) is 36.2. The van der Waals surface area contributed by atoms with Crippen molar-refractivity contribution < 1.29 is 14.3 Å². The van der Waals surface area contributed by atoms with Gasteiger partial charge in [0.2, 0.25) is 5.78 Å². The van der Waals surface area contributed by atoms with Gasteiger partial charge in [0.1, 0.15) is 0 Å². The summed E-state index contributed by atoms with van der Waals surface area (Å²) in [7, 11) is 1.43. The lowest BCUT2D eigenvalue weighted by molar-refractivity contribution is -0.118. The first-order valence-corrected chi connectivity index (χ1v) is 19.5. The molecule has 0 atom stereocenters. The van der Waals surface area contributed by atoms with Gasteiger partial charge in [0.05, 0.1) is 7.11 Å². The molecule has 0 bridgehead atoms. The van der Waals surface area contributed by atoms with E-state index < -0.39 is 0 Å². The first-order chi connectivity index (χ1) is 24.2. The summed E-state index contributed by atoms with van der Waals surface area (Å²) in [5.41, 5.74) is 12.6. The van der Waals surface area contributed by atoms with Gasteiger partial charge in [-0.1, -0.05) is 93.2 Å². The molecule has 0 aliphatic heterocycles. The van der Waals surface area contributed by atoms with Crippen LogP contribution < -0.4 is 0 Å². The van der Waals surface area contributed by atoms with Crippen molar-refractivity contribution >= 4 is 11.6 Å². The summed E-state index contributed by atoms with van der Waals surface area (Å²) in [6, 6.07) is 0. The Bertz CT molecular complexity index is 1450. The molecule has 0 saturated heterocycles. The number of ether oxygens (including phenoxy) is 1. The average molecular weight is 697 g/mol. The molecule has 0 unspecified atom stereocenters. The standard InChI is InChI=1S/C48H72O3/c1-36(2)19-12-20-37(3)21-13-22-38(4)23-14-24-39(5)25-15-26-40(6)27-16-28-41(7)29-17-30-42(8)31-18-32-43(9)33-34-45-44(10)46(49)35-47(51-11)48(45)50/h19,21,23,25,27,29,31,33,35H,12-18,20,22,24,26,28,30,32,34H2,1-11H3/b37-21+,38-23+,39-25+,40-27+,41-29+,42-31+,43-33+. The van der Waals surface area contributed by atoms with Crippen LogP contribution in [0.15, 0.2) is 116 Å². The molecule has 1 rings (SSSR count). The average Bonchev–Trinajstić information content (AvgIpc) is 3.06. The highest BCUT2D eigenvalue weighted by Gasteiger charge is 2.25. The Balaban J connectivity index is 2.30. The molecule has 1 aliphatic carbocycles. The van der Waals surface area contributed by atoms with Gasteiger partial charge in [-0.05, 0) is 166 Å².